The molecule has 2 aromatic carbocycles. The Bertz CT molecular complexity index is 960. The van der Waals surface area contributed by atoms with Crippen LogP contribution in [0.4, 0.5) is 5.69 Å². The van der Waals surface area contributed by atoms with Gasteiger partial charge in [0.05, 0.1) is 0 Å². The van der Waals surface area contributed by atoms with Gasteiger partial charge in [0.15, 0.2) is 0 Å². The normalized spacial score (nSPS) is 11.3. The Balaban J connectivity index is 1.80. The van der Waals surface area contributed by atoms with Crippen molar-refractivity contribution in [3.8, 4) is 0 Å². The molecule has 0 atom stereocenters. The molecule has 2 amide bonds. The predicted molar refractivity (Wildman–Crippen MR) is 115 cm³/mol. The third kappa shape index (κ3) is 5.18. The molecule has 1 heterocycles. The van der Waals surface area contributed by atoms with Crippen molar-refractivity contribution in [2.24, 2.45) is 0 Å². The Kier molecular flexibility index (Phi) is 6.40. The van der Waals surface area contributed by atoms with E-state index >= 15 is 0 Å². The van der Waals surface area contributed by atoms with Crippen molar-refractivity contribution in [3.63, 3.8) is 0 Å². The molecule has 1 aromatic heterocycles. The van der Waals surface area contributed by atoms with Crippen LogP contribution in [0.1, 0.15) is 40.6 Å². The SMILES string of the molecule is CC(C)c1ccc(NC(=O)/C(=C/c2cccs2)NC(=O)c2ccccc2)cc1. The third-order valence-electron chi connectivity index (χ3n) is 4.19. The summed E-state index contributed by atoms with van der Waals surface area (Å²) in [5.41, 5.74) is 2.57. The van der Waals surface area contributed by atoms with Gasteiger partial charge in [-0.15, -0.1) is 11.3 Å². The van der Waals surface area contributed by atoms with E-state index in [1.807, 2.05) is 47.8 Å². The van der Waals surface area contributed by atoms with Gasteiger partial charge in [0.25, 0.3) is 11.8 Å². The van der Waals surface area contributed by atoms with E-state index in [9.17, 15) is 9.59 Å². The highest BCUT2D eigenvalue weighted by atomic mass is 32.1. The molecule has 0 saturated carbocycles. The number of anilines is 1. The van der Waals surface area contributed by atoms with Gasteiger partial charge in [0, 0.05) is 16.1 Å². The second-order valence-corrected chi connectivity index (χ2v) is 7.60. The Labute approximate surface area is 168 Å². The van der Waals surface area contributed by atoms with Crippen LogP contribution in [0.5, 0.6) is 0 Å². The molecule has 2 N–H and O–H groups in total. The Hall–Kier alpha value is -3.18. The van der Waals surface area contributed by atoms with Gasteiger partial charge in [0.2, 0.25) is 0 Å². The Morgan fingerprint density at radius 1 is 0.929 bits per heavy atom. The second-order valence-electron chi connectivity index (χ2n) is 6.62. The van der Waals surface area contributed by atoms with Crippen molar-refractivity contribution < 1.29 is 9.59 Å². The zero-order chi connectivity index (χ0) is 19.9. The molecule has 142 valence electrons. The van der Waals surface area contributed by atoms with Gasteiger partial charge < -0.3 is 10.6 Å². The summed E-state index contributed by atoms with van der Waals surface area (Å²) in [6.45, 7) is 4.24. The summed E-state index contributed by atoms with van der Waals surface area (Å²) in [6.07, 6.45) is 1.68. The summed E-state index contributed by atoms with van der Waals surface area (Å²) >= 11 is 1.50. The molecule has 4 nitrogen and oxygen atoms in total. The fourth-order valence-electron chi connectivity index (χ4n) is 2.61. The molecule has 28 heavy (non-hydrogen) atoms. The lowest BCUT2D eigenvalue weighted by Gasteiger charge is -2.12. The van der Waals surface area contributed by atoms with Gasteiger partial charge in [-0.1, -0.05) is 50.2 Å². The standard InChI is InChI=1S/C23H22N2O2S/c1-16(2)17-10-12-19(13-11-17)24-23(27)21(15-20-9-6-14-28-20)25-22(26)18-7-4-3-5-8-18/h3-16H,1-2H3,(H,24,27)(H,25,26)/b21-15-. The van der Waals surface area contributed by atoms with Crippen molar-refractivity contribution >= 4 is 34.9 Å². The molecule has 5 heteroatoms. The van der Waals surface area contributed by atoms with Crippen molar-refractivity contribution in [2.45, 2.75) is 19.8 Å². The van der Waals surface area contributed by atoms with Crippen molar-refractivity contribution in [3.05, 3.63) is 93.8 Å². The monoisotopic (exact) mass is 390 g/mol. The summed E-state index contributed by atoms with van der Waals surface area (Å²) in [5.74, 6) is -0.270. The number of hydrogen-bond acceptors (Lipinski definition) is 3. The van der Waals surface area contributed by atoms with Gasteiger partial charge in [-0.3, -0.25) is 9.59 Å². The molecule has 0 bridgehead atoms. The van der Waals surface area contributed by atoms with Gasteiger partial charge >= 0.3 is 0 Å². The van der Waals surface area contributed by atoms with E-state index in [1.165, 1.54) is 16.9 Å². The van der Waals surface area contributed by atoms with Crippen LogP contribution in [0.2, 0.25) is 0 Å². The lowest BCUT2D eigenvalue weighted by molar-refractivity contribution is -0.113. The number of carbonyl (C=O) groups is 2. The van der Waals surface area contributed by atoms with E-state index in [0.717, 1.165) is 4.88 Å². The summed E-state index contributed by atoms with van der Waals surface area (Å²) < 4.78 is 0. The van der Waals surface area contributed by atoms with Crippen LogP contribution in [0, 0.1) is 0 Å². The number of carbonyl (C=O) groups excluding carboxylic acids is 2. The smallest absolute Gasteiger partial charge is 0.272 e. The third-order valence-corrected chi connectivity index (χ3v) is 5.01. The number of benzene rings is 2. The minimum Gasteiger partial charge on any atom is -0.321 e. The Morgan fingerprint density at radius 2 is 1.64 bits per heavy atom. The number of nitrogens with one attached hydrogen (secondary N) is 2. The minimum absolute atomic E-state index is 0.198. The first-order valence-electron chi connectivity index (χ1n) is 9.06. The fraction of sp³-hybridized carbons (Fsp3) is 0.130. The van der Waals surface area contributed by atoms with E-state index in [-0.39, 0.29) is 17.5 Å². The molecule has 0 radical (unpaired) electrons. The molecule has 0 unspecified atom stereocenters. The highest BCUT2D eigenvalue weighted by molar-refractivity contribution is 7.10. The number of amides is 2. The molecule has 3 rings (SSSR count). The molecule has 0 aliphatic heterocycles. The fourth-order valence-corrected chi connectivity index (χ4v) is 3.27. The highest BCUT2D eigenvalue weighted by Gasteiger charge is 2.15. The second kappa shape index (κ2) is 9.15. The van der Waals surface area contributed by atoms with Crippen LogP contribution in [0.3, 0.4) is 0 Å². The van der Waals surface area contributed by atoms with Gasteiger partial charge in [-0.05, 0) is 53.3 Å². The van der Waals surface area contributed by atoms with Crippen LogP contribution in [-0.2, 0) is 4.79 Å². The quantitative estimate of drug-likeness (QED) is 0.563. The minimum atomic E-state index is -0.366. The first kappa shape index (κ1) is 19.6. The molecule has 0 aliphatic rings. The maximum atomic E-state index is 12.8. The summed E-state index contributed by atoms with van der Waals surface area (Å²) in [7, 11) is 0. The topological polar surface area (TPSA) is 58.2 Å². The van der Waals surface area contributed by atoms with E-state index in [2.05, 4.69) is 24.5 Å². The summed E-state index contributed by atoms with van der Waals surface area (Å²) in [6, 6.07) is 20.3. The highest BCUT2D eigenvalue weighted by Crippen LogP contribution is 2.18. The average molecular weight is 391 g/mol. The first-order valence-corrected chi connectivity index (χ1v) is 9.94. The first-order chi connectivity index (χ1) is 13.5. The van der Waals surface area contributed by atoms with Crippen LogP contribution in [-0.4, -0.2) is 11.8 Å². The zero-order valence-electron chi connectivity index (χ0n) is 15.8. The van der Waals surface area contributed by atoms with E-state index < -0.39 is 0 Å². The van der Waals surface area contributed by atoms with Crippen molar-refractivity contribution in [1.29, 1.82) is 0 Å². The van der Waals surface area contributed by atoms with Crippen molar-refractivity contribution in [1.82, 2.24) is 5.32 Å². The maximum Gasteiger partial charge on any atom is 0.272 e. The van der Waals surface area contributed by atoms with Crippen LogP contribution in [0.25, 0.3) is 6.08 Å². The lowest BCUT2D eigenvalue weighted by atomic mass is 10.0. The lowest BCUT2D eigenvalue weighted by Crippen LogP contribution is -2.30. The number of hydrogen-bond donors (Lipinski definition) is 2. The van der Waals surface area contributed by atoms with Crippen LogP contribution in [0.15, 0.2) is 77.8 Å². The molecule has 0 aliphatic carbocycles. The van der Waals surface area contributed by atoms with Gasteiger partial charge in [-0.25, -0.2) is 0 Å². The molecule has 0 saturated heterocycles. The summed E-state index contributed by atoms with van der Waals surface area (Å²) in [4.78, 5) is 26.2. The predicted octanol–water partition coefficient (Wildman–Crippen LogP) is 5.28. The maximum absolute atomic E-state index is 12.8. The molecule has 3 aromatic rings. The van der Waals surface area contributed by atoms with Crippen molar-refractivity contribution in [2.75, 3.05) is 5.32 Å². The van der Waals surface area contributed by atoms with Gasteiger partial charge in [-0.2, -0.15) is 0 Å². The van der Waals surface area contributed by atoms with E-state index in [4.69, 9.17) is 0 Å². The average Bonchev–Trinajstić information content (AvgIpc) is 3.21. The number of thiophene rings is 1. The molecular weight excluding hydrogens is 368 g/mol. The Morgan fingerprint density at radius 3 is 2.25 bits per heavy atom. The number of rotatable bonds is 6. The van der Waals surface area contributed by atoms with E-state index in [0.29, 0.717) is 17.2 Å². The van der Waals surface area contributed by atoms with Gasteiger partial charge in [0.1, 0.15) is 5.70 Å². The zero-order valence-corrected chi connectivity index (χ0v) is 16.6. The van der Waals surface area contributed by atoms with E-state index in [1.54, 1.807) is 30.3 Å². The largest absolute Gasteiger partial charge is 0.321 e. The van der Waals surface area contributed by atoms with Crippen LogP contribution >= 0.6 is 11.3 Å². The molecule has 0 spiro atoms. The summed E-state index contributed by atoms with van der Waals surface area (Å²) in [5, 5.41) is 7.52. The molecule has 0 fully saturated rings. The van der Waals surface area contributed by atoms with Crippen LogP contribution < -0.4 is 10.6 Å². The molecular formula is C23H22N2O2S.